The lowest BCUT2D eigenvalue weighted by Gasteiger charge is -2.05. The molecule has 0 aromatic heterocycles. The summed E-state index contributed by atoms with van der Waals surface area (Å²) in [5, 5.41) is 5.77. The van der Waals surface area contributed by atoms with Crippen LogP contribution in [0.5, 0.6) is 5.75 Å². The van der Waals surface area contributed by atoms with Gasteiger partial charge in [-0.2, -0.15) is 0 Å². The number of ether oxygens (including phenoxy) is 1. The standard InChI is InChI=1S/C18H16ClFN2O2/c19-16-5-1-2-6-17(16)24-12-4-3-11-21-18(23)22-13-14-7-9-15(20)10-8-14/h1-2,5-10H,11-13H2,(H2,21,22,23). The Hall–Kier alpha value is -2.71. The van der Waals surface area contributed by atoms with Gasteiger partial charge in [-0.1, -0.05) is 47.7 Å². The van der Waals surface area contributed by atoms with Crippen molar-refractivity contribution in [2.45, 2.75) is 6.54 Å². The van der Waals surface area contributed by atoms with Crippen LogP contribution in [0.15, 0.2) is 48.5 Å². The maximum Gasteiger partial charge on any atom is 0.315 e. The van der Waals surface area contributed by atoms with Crippen molar-refractivity contribution >= 4 is 17.6 Å². The highest BCUT2D eigenvalue weighted by Crippen LogP contribution is 2.22. The van der Waals surface area contributed by atoms with Crippen LogP contribution in [0.25, 0.3) is 0 Å². The molecule has 0 unspecified atom stereocenters. The molecule has 24 heavy (non-hydrogen) atoms. The molecule has 0 fully saturated rings. The first kappa shape index (κ1) is 17.6. The van der Waals surface area contributed by atoms with Gasteiger partial charge in [0, 0.05) is 6.54 Å². The van der Waals surface area contributed by atoms with Gasteiger partial charge in [0.05, 0.1) is 11.6 Å². The van der Waals surface area contributed by atoms with Crippen LogP contribution < -0.4 is 15.4 Å². The van der Waals surface area contributed by atoms with Crippen LogP contribution in [0.3, 0.4) is 0 Å². The highest BCUT2D eigenvalue weighted by atomic mass is 35.5. The fourth-order valence-corrected chi connectivity index (χ4v) is 1.95. The molecular formula is C18H16ClFN2O2. The molecule has 2 N–H and O–H groups in total. The van der Waals surface area contributed by atoms with E-state index in [1.165, 1.54) is 12.1 Å². The van der Waals surface area contributed by atoms with Crippen LogP contribution in [0, 0.1) is 17.7 Å². The molecule has 0 radical (unpaired) electrons. The van der Waals surface area contributed by atoms with E-state index in [1.54, 1.807) is 24.3 Å². The Kier molecular flexibility index (Phi) is 6.93. The number of carbonyl (C=O) groups is 1. The molecule has 0 heterocycles. The van der Waals surface area contributed by atoms with Gasteiger partial charge in [0.2, 0.25) is 0 Å². The normalized spacial score (nSPS) is 9.58. The quantitative estimate of drug-likeness (QED) is 0.816. The first-order chi connectivity index (χ1) is 11.6. The topological polar surface area (TPSA) is 50.4 Å². The van der Waals surface area contributed by atoms with Gasteiger partial charge in [-0.25, -0.2) is 9.18 Å². The van der Waals surface area contributed by atoms with Gasteiger partial charge in [0.15, 0.2) is 0 Å². The third kappa shape index (κ3) is 6.19. The predicted octanol–water partition coefficient (Wildman–Crippen LogP) is 3.36. The first-order valence-corrected chi connectivity index (χ1v) is 7.62. The van der Waals surface area contributed by atoms with Gasteiger partial charge in [-0.15, -0.1) is 0 Å². The minimum absolute atomic E-state index is 0.183. The maximum absolute atomic E-state index is 12.8. The molecule has 0 bridgehead atoms. The summed E-state index contributed by atoms with van der Waals surface area (Å²) in [4.78, 5) is 11.6. The van der Waals surface area contributed by atoms with Gasteiger partial charge >= 0.3 is 6.03 Å². The second-order valence-electron chi connectivity index (χ2n) is 4.74. The van der Waals surface area contributed by atoms with Gasteiger partial charge in [-0.3, -0.25) is 0 Å². The zero-order valence-corrected chi connectivity index (χ0v) is 13.6. The van der Waals surface area contributed by atoms with E-state index >= 15 is 0 Å². The van der Waals surface area contributed by atoms with Crippen molar-refractivity contribution in [1.29, 1.82) is 0 Å². The molecule has 2 rings (SSSR count). The Morgan fingerprint density at radius 3 is 2.58 bits per heavy atom. The van der Waals surface area contributed by atoms with E-state index < -0.39 is 0 Å². The molecular weight excluding hydrogens is 331 g/mol. The Morgan fingerprint density at radius 1 is 1.08 bits per heavy atom. The smallest absolute Gasteiger partial charge is 0.315 e. The monoisotopic (exact) mass is 346 g/mol. The lowest BCUT2D eigenvalue weighted by Crippen LogP contribution is -2.35. The first-order valence-electron chi connectivity index (χ1n) is 7.24. The van der Waals surface area contributed by atoms with Crippen molar-refractivity contribution in [2.24, 2.45) is 0 Å². The number of urea groups is 1. The van der Waals surface area contributed by atoms with Gasteiger partial charge in [0.1, 0.15) is 18.2 Å². The minimum atomic E-state index is -0.347. The van der Waals surface area contributed by atoms with E-state index in [4.69, 9.17) is 16.3 Å². The number of rotatable bonds is 5. The molecule has 0 aliphatic heterocycles. The fraction of sp³-hybridized carbons (Fsp3) is 0.167. The van der Waals surface area contributed by atoms with Crippen LogP contribution in [0.2, 0.25) is 5.02 Å². The average molecular weight is 347 g/mol. The molecule has 2 aromatic rings. The van der Waals surface area contributed by atoms with E-state index in [0.29, 0.717) is 17.3 Å². The second-order valence-corrected chi connectivity index (χ2v) is 5.14. The molecule has 0 saturated heterocycles. The number of carbonyl (C=O) groups excluding carboxylic acids is 1. The van der Waals surface area contributed by atoms with E-state index in [0.717, 1.165) is 5.56 Å². The fourth-order valence-electron chi connectivity index (χ4n) is 1.76. The van der Waals surface area contributed by atoms with Crippen LogP contribution in [-0.4, -0.2) is 19.2 Å². The molecule has 0 spiro atoms. The van der Waals surface area contributed by atoms with Crippen LogP contribution in [0.4, 0.5) is 9.18 Å². The summed E-state index contributed by atoms with van der Waals surface area (Å²) < 4.78 is 18.1. The predicted molar refractivity (Wildman–Crippen MR) is 91.4 cm³/mol. The zero-order chi connectivity index (χ0) is 17.2. The minimum Gasteiger partial charge on any atom is -0.479 e. The van der Waals surface area contributed by atoms with Crippen molar-refractivity contribution in [1.82, 2.24) is 10.6 Å². The number of hydrogen-bond acceptors (Lipinski definition) is 2. The molecule has 0 saturated carbocycles. The lowest BCUT2D eigenvalue weighted by atomic mass is 10.2. The van der Waals surface area contributed by atoms with Crippen LogP contribution >= 0.6 is 11.6 Å². The van der Waals surface area contributed by atoms with Crippen LogP contribution in [-0.2, 0) is 6.54 Å². The lowest BCUT2D eigenvalue weighted by molar-refractivity contribution is 0.241. The van der Waals surface area contributed by atoms with Gasteiger partial charge < -0.3 is 15.4 Å². The van der Waals surface area contributed by atoms with Crippen molar-refractivity contribution in [3.8, 4) is 17.6 Å². The van der Waals surface area contributed by atoms with E-state index in [-0.39, 0.29) is 25.0 Å². The van der Waals surface area contributed by atoms with Crippen molar-refractivity contribution in [3.05, 3.63) is 64.9 Å². The van der Waals surface area contributed by atoms with E-state index in [2.05, 4.69) is 22.5 Å². The zero-order valence-electron chi connectivity index (χ0n) is 12.8. The molecule has 4 nitrogen and oxygen atoms in total. The summed E-state index contributed by atoms with van der Waals surface area (Å²) in [6, 6.07) is 12.7. The number of hydrogen-bond donors (Lipinski definition) is 2. The molecule has 0 aliphatic carbocycles. The summed E-state index contributed by atoms with van der Waals surface area (Å²) in [6.45, 7) is 0.693. The second kappa shape index (κ2) is 9.43. The summed E-state index contributed by atoms with van der Waals surface area (Å²) in [5.74, 6) is 5.81. The highest BCUT2D eigenvalue weighted by molar-refractivity contribution is 6.32. The Labute approximate surface area is 145 Å². The average Bonchev–Trinajstić information content (AvgIpc) is 2.59. The SMILES string of the molecule is O=C(NCC#CCOc1ccccc1Cl)NCc1ccc(F)cc1. The summed E-state index contributed by atoms with van der Waals surface area (Å²) in [7, 11) is 0. The van der Waals surface area contributed by atoms with E-state index in [1.807, 2.05) is 12.1 Å². The maximum atomic E-state index is 12.8. The van der Waals surface area contributed by atoms with Crippen molar-refractivity contribution in [3.63, 3.8) is 0 Å². The largest absolute Gasteiger partial charge is 0.479 e. The number of benzene rings is 2. The van der Waals surface area contributed by atoms with Gasteiger partial charge in [0.25, 0.3) is 0 Å². The number of nitrogens with one attached hydrogen (secondary N) is 2. The molecule has 0 atom stereocenters. The third-order valence-corrected chi connectivity index (χ3v) is 3.28. The summed E-state index contributed by atoms with van der Waals surface area (Å²) in [6.07, 6.45) is 0. The Morgan fingerprint density at radius 2 is 1.83 bits per heavy atom. The summed E-state index contributed by atoms with van der Waals surface area (Å²) in [5.41, 5.74) is 0.811. The summed E-state index contributed by atoms with van der Waals surface area (Å²) >= 11 is 5.94. The van der Waals surface area contributed by atoms with Crippen molar-refractivity contribution in [2.75, 3.05) is 13.2 Å². The molecule has 124 valence electrons. The number of halogens is 2. The highest BCUT2D eigenvalue weighted by Gasteiger charge is 1.99. The molecule has 6 heteroatoms. The van der Waals surface area contributed by atoms with E-state index in [9.17, 15) is 9.18 Å². The van der Waals surface area contributed by atoms with Crippen molar-refractivity contribution < 1.29 is 13.9 Å². The number of amides is 2. The van der Waals surface area contributed by atoms with Crippen LogP contribution in [0.1, 0.15) is 5.56 Å². The number of para-hydroxylation sites is 1. The van der Waals surface area contributed by atoms with Gasteiger partial charge in [-0.05, 0) is 29.8 Å². The molecule has 0 aliphatic rings. The Bertz CT molecular complexity index is 739. The Balaban J connectivity index is 1.62. The molecule has 2 aromatic carbocycles. The third-order valence-electron chi connectivity index (χ3n) is 2.97. The molecule has 2 amide bonds.